The molecule has 2 heterocycles. The molecule has 0 aromatic carbocycles. The summed E-state index contributed by atoms with van der Waals surface area (Å²) in [7, 11) is 0. The molecule has 6 heteroatoms. The Kier molecular flexibility index (Phi) is 2.62. The molecule has 74 valence electrons. The second kappa shape index (κ2) is 3.91. The Hall–Kier alpha value is -1.17. The van der Waals surface area contributed by atoms with Gasteiger partial charge in [0, 0.05) is 11.4 Å². The maximum Gasteiger partial charge on any atom is 0.253 e. The van der Waals surface area contributed by atoms with Crippen molar-refractivity contribution in [2.75, 3.05) is 12.4 Å². The number of alkyl halides is 1. The van der Waals surface area contributed by atoms with Crippen LogP contribution in [0.2, 0.25) is 0 Å². The Morgan fingerprint density at radius 3 is 3.21 bits per heavy atom. The van der Waals surface area contributed by atoms with Crippen LogP contribution in [0, 0.1) is 6.92 Å². The molecule has 0 aliphatic heterocycles. The van der Waals surface area contributed by atoms with Crippen LogP contribution >= 0.6 is 11.8 Å². The molecule has 0 aliphatic rings. The highest BCUT2D eigenvalue weighted by atomic mass is 32.2. The zero-order chi connectivity index (χ0) is 9.97. The molecule has 0 atom stereocenters. The van der Waals surface area contributed by atoms with Crippen molar-refractivity contribution in [3.63, 3.8) is 0 Å². The number of aryl methyl sites for hydroxylation is 1. The first-order valence-corrected chi connectivity index (χ1v) is 5.16. The van der Waals surface area contributed by atoms with E-state index in [0.29, 0.717) is 11.5 Å². The number of hydrogen-bond donors (Lipinski definition) is 0. The number of hydrogen-bond acceptors (Lipinski definition) is 4. The van der Waals surface area contributed by atoms with Gasteiger partial charge in [0.1, 0.15) is 11.4 Å². The third-order valence-corrected chi connectivity index (χ3v) is 2.62. The fourth-order valence-corrected chi connectivity index (χ4v) is 1.93. The minimum absolute atomic E-state index is 0.345. The summed E-state index contributed by atoms with van der Waals surface area (Å²) >= 11 is 1.41. The van der Waals surface area contributed by atoms with Crippen LogP contribution in [0.5, 0.6) is 0 Å². The molecule has 0 spiro atoms. The Morgan fingerprint density at radius 1 is 1.57 bits per heavy atom. The van der Waals surface area contributed by atoms with Gasteiger partial charge in [0.05, 0.1) is 6.67 Å². The third-order valence-electron chi connectivity index (χ3n) is 1.67. The van der Waals surface area contributed by atoms with Crippen molar-refractivity contribution in [1.82, 2.24) is 19.6 Å². The van der Waals surface area contributed by atoms with Gasteiger partial charge in [0.2, 0.25) is 0 Å². The highest BCUT2D eigenvalue weighted by molar-refractivity contribution is 7.99. The van der Waals surface area contributed by atoms with E-state index < -0.39 is 0 Å². The fourth-order valence-electron chi connectivity index (χ4n) is 1.14. The van der Waals surface area contributed by atoms with Gasteiger partial charge in [-0.05, 0) is 13.0 Å². The maximum absolute atomic E-state index is 12.0. The van der Waals surface area contributed by atoms with Gasteiger partial charge in [-0.1, -0.05) is 0 Å². The molecule has 0 aliphatic carbocycles. The lowest BCUT2D eigenvalue weighted by atomic mass is 10.5. The van der Waals surface area contributed by atoms with E-state index in [0.717, 1.165) is 10.7 Å². The Labute approximate surface area is 84.6 Å². The average Bonchev–Trinajstić information content (AvgIpc) is 2.61. The number of thioether (sulfide) groups is 1. The van der Waals surface area contributed by atoms with Crippen LogP contribution in [-0.2, 0) is 0 Å². The van der Waals surface area contributed by atoms with Gasteiger partial charge >= 0.3 is 0 Å². The number of rotatable bonds is 3. The molecule has 0 saturated carbocycles. The standard InChI is InChI=1S/C8H9FN4S/c1-6-4-7(14-3-2-9)13-8(12-6)10-5-11-13/h4-5H,2-3H2,1H3. The molecule has 0 bridgehead atoms. The molecule has 2 aromatic heterocycles. The topological polar surface area (TPSA) is 43.1 Å². The van der Waals surface area contributed by atoms with Gasteiger partial charge in [0.25, 0.3) is 5.78 Å². The van der Waals surface area contributed by atoms with E-state index in [2.05, 4.69) is 15.1 Å². The molecule has 0 saturated heterocycles. The summed E-state index contributed by atoms with van der Waals surface area (Å²) in [6, 6.07) is 1.88. The summed E-state index contributed by atoms with van der Waals surface area (Å²) in [5.41, 5.74) is 0.867. The number of halogens is 1. The van der Waals surface area contributed by atoms with Crippen molar-refractivity contribution >= 4 is 17.5 Å². The molecule has 0 radical (unpaired) electrons. The van der Waals surface area contributed by atoms with Crippen LogP contribution in [-0.4, -0.2) is 32.0 Å². The van der Waals surface area contributed by atoms with E-state index in [9.17, 15) is 4.39 Å². The van der Waals surface area contributed by atoms with Gasteiger partial charge in [-0.3, -0.25) is 4.39 Å². The molecule has 2 aromatic rings. The minimum Gasteiger partial charge on any atom is -0.250 e. The highest BCUT2D eigenvalue weighted by Gasteiger charge is 2.05. The molecule has 2 rings (SSSR count). The predicted molar refractivity (Wildman–Crippen MR) is 52.2 cm³/mol. The van der Waals surface area contributed by atoms with Crippen molar-refractivity contribution in [2.45, 2.75) is 11.9 Å². The molecule has 0 unspecified atom stereocenters. The van der Waals surface area contributed by atoms with Crippen molar-refractivity contribution < 1.29 is 4.39 Å². The van der Waals surface area contributed by atoms with Crippen LogP contribution in [0.25, 0.3) is 5.78 Å². The Balaban J connectivity index is 2.44. The van der Waals surface area contributed by atoms with E-state index in [1.54, 1.807) is 4.52 Å². The molecule has 4 nitrogen and oxygen atoms in total. The summed E-state index contributed by atoms with van der Waals surface area (Å²) in [4.78, 5) is 8.17. The molecule has 0 amide bonds. The smallest absolute Gasteiger partial charge is 0.250 e. The van der Waals surface area contributed by atoms with Gasteiger partial charge in [-0.15, -0.1) is 11.8 Å². The summed E-state index contributed by atoms with van der Waals surface area (Å²) in [6.07, 6.45) is 1.45. The number of nitrogens with zero attached hydrogens (tertiary/aromatic N) is 4. The number of fused-ring (bicyclic) bond motifs is 1. The summed E-state index contributed by atoms with van der Waals surface area (Å²) in [5, 5.41) is 4.89. The van der Waals surface area contributed by atoms with Gasteiger partial charge in [-0.25, -0.2) is 4.98 Å². The van der Waals surface area contributed by atoms with Crippen LogP contribution in [0.1, 0.15) is 5.69 Å². The first-order valence-electron chi connectivity index (χ1n) is 4.17. The van der Waals surface area contributed by atoms with E-state index in [1.165, 1.54) is 18.1 Å². The number of aromatic nitrogens is 4. The van der Waals surface area contributed by atoms with E-state index >= 15 is 0 Å². The zero-order valence-corrected chi connectivity index (χ0v) is 8.46. The third kappa shape index (κ3) is 1.70. The monoisotopic (exact) mass is 212 g/mol. The summed E-state index contributed by atoms with van der Waals surface area (Å²) in [6.45, 7) is 1.54. The molecular weight excluding hydrogens is 203 g/mol. The van der Waals surface area contributed by atoms with Crippen LogP contribution in [0.15, 0.2) is 17.4 Å². The normalized spacial score (nSPS) is 11.0. The first-order chi connectivity index (χ1) is 6.81. The quantitative estimate of drug-likeness (QED) is 0.571. The van der Waals surface area contributed by atoms with Crippen molar-refractivity contribution in [3.8, 4) is 0 Å². The van der Waals surface area contributed by atoms with E-state index in [-0.39, 0.29) is 6.67 Å². The predicted octanol–water partition coefficient (Wildman–Crippen LogP) is 1.49. The summed E-state index contributed by atoms with van der Waals surface area (Å²) in [5.74, 6) is 0.990. The van der Waals surface area contributed by atoms with Gasteiger partial charge in [0.15, 0.2) is 0 Å². The second-order valence-corrected chi connectivity index (χ2v) is 3.86. The largest absolute Gasteiger partial charge is 0.253 e. The zero-order valence-electron chi connectivity index (χ0n) is 7.64. The van der Waals surface area contributed by atoms with E-state index in [1.807, 2.05) is 13.0 Å². The fraction of sp³-hybridized carbons (Fsp3) is 0.375. The first kappa shape index (κ1) is 9.39. The Morgan fingerprint density at radius 2 is 2.43 bits per heavy atom. The van der Waals surface area contributed by atoms with E-state index in [4.69, 9.17) is 0 Å². The lowest BCUT2D eigenvalue weighted by Gasteiger charge is -2.02. The highest BCUT2D eigenvalue weighted by Crippen LogP contribution is 2.18. The molecular formula is C8H9FN4S. The van der Waals surface area contributed by atoms with Crippen LogP contribution < -0.4 is 0 Å². The van der Waals surface area contributed by atoms with Crippen molar-refractivity contribution in [2.24, 2.45) is 0 Å². The van der Waals surface area contributed by atoms with Crippen molar-refractivity contribution in [3.05, 3.63) is 18.1 Å². The Bertz CT molecular complexity index is 442. The summed E-state index contributed by atoms with van der Waals surface area (Å²) < 4.78 is 13.6. The lowest BCUT2D eigenvalue weighted by Crippen LogP contribution is -1.98. The average molecular weight is 212 g/mol. The minimum atomic E-state index is -0.345. The van der Waals surface area contributed by atoms with Crippen LogP contribution in [0.3, 0.4) is 0 Å². The van der Waals surface area contributed by atoms with Gasteiger partial charge in [-0.2, -0.15) is 14.6 Å². The molecule has 0 fully saturated rings. The molecule has 14 heavy (non-hydrogen) atoms. The second-order valence-electron chi connectivity index (χ2n) is 2.75. The SMILES string of the molecule is Cc1cc(SCCF)n2ncnc2n1. The lowest BCUT2D eigenvalue weighted by molar-refractivity contribution is 0.532. The van der Waals surface area contributed by atoms with Gasteiger partial charge < -0.3 is 0 Å². The molecule has 0 N–H and O–H groups in total. The van der Waals surface area contributed by atoms with Crippen LogP contribution in [0.4, 0.5) is 4.39 Å². The maximum atomic E-state index is 12.0. The van der Waals surface area contributed by atoms with Crippen molar-refractivity contribution in [1.29, 1.82) is 0 Å².